The van der Waals surface area contributed by atoms with Crippen LogP contribution in [0.25, 0.3) is 0 Å². The fourth-order valence-corrected chi connectivity index (χ4v) is 1.69. The van der Waals surface area contributed by atoms with Gasteiger partial charge in [-0.1, -0.05) is 26.0 Å². The Hall–Kier alpha value is -1.26. The molecule has 0 aliphatic heterocycles. The maximum atomic E-state index is 9.96. The number of aliphatic hydroxyl groups is 1. The van der Waals surface area contributed by atoms with Gasteiger partial charge in [0.2, 0.25) is 0 Å². The Morgan fingerprint density at radius 2 is 1.78 bits per heavy atom. The number of nitrogens with one attached hydrogen (secondary N) is 1. The monoisotopic (exact) mass is 253 g/mol. The van der Waals surface area contributed by atoms with Crippen LogP contribution in [0.3, 0.4) is 0 Å². The van der Waals surface area contributed by atoms with Crippen molar-refractivity contribution in [2.45, 2.75) is 39.0 Å². The van der Waals surface area contributed by atoms with Gasteiger partial charge in [0.25, 0.3) is 0 Å². The first-order valence-corrected chi connectivity index (χ1v) is 6.24. The van der Waals surface area contributed by atoms with Crippen LogP contribution in [0.1, 0.15) is 20.8 Å². The molecule has 18 heavy (non-hydrogen) atoms. The van der Waals surface area contributed by atoms with Crippen LogP contribution < -0.4 is 14.8 Å². The van der Waals surface area contributed by atoms with E-state index in [2.05, 4.69) is 5.32 Å². The molecule has 1 aromatic rings. The Bertz CT molecular complexity index is 355. The molecule has 1 rings (SSSR count). The molecule has 0 saturated heterocycles. The van der Waals surface area contributed by atoms with Crippen LogP contribution in [-0.4, -0.2) is 37.0 Å². The van der Waals surface area contributed by atoms with Gasteiger partial charge in [0.1, 0.15) is 12.7 Å². The van der Waals surface area contributed by atoms with Crippen LogP contribution in [0.4, 0.5) is 0 Å². The van der Waals surface area contributed by atoms with Gasteiger partial charge in [-0.25, -0.2) is 0 Å². The van der Waals surface area contributed by atoms with E-state index < -0.39 is 6.10 Å². The topological polar surface area (TPSA) is 50.7 Å². The van der Waals surface area contributed by atoms with Crippen molar-refractivity contribution in [1.82, 2.24) is 5.32 Å². The van der Waals surface area contributed by atoms with Gasteiger partial charge in [0, 0.05) is 12.1 Å². The van der Waals surface area contributed by atoms with Crippen molar-refractivity contribution in [1.29, 1.82) is 0 Å². The highest BCUT2D eigenvalue weighted by molar-refractivity contribution is 5.39. The van der Waals surface area contributed by atoms with Gasteiger partial charge >= 0.3 is 0 Å². The average molecular weight is 253 g/mol. The summed E-state index contributed by atoms with van der Waals surface area (Å²) in [7, 11) is 1.60. The molecule has 1 aromatic carbocycles. The fourth-order valence-electron chi connectivity index (χ4n) is 1.69. The molecule has 0 aromatic heterocycles. The fraction of sp³-hybridized carbons (Fsp3) is 0.571. The van der Waals surface area contributed by atoms with Gasteiger partial charge in [-0.3, -0.25) is 0 Å². The second-order valence-corrected chi connectivity index (χ2v) is 4.64. The standard InChI is InChI=1S/C14H23NO3/c1-10(2)15-11(3)12(16)9-18-14-8-6-5-7-13(14)17-4/h5-8,10-12,15-16H,9H2,1-4H3. The summed E-state index contributed by atoms with van der Waals surface area (Å²) >= 11 is 0. The number of aliphatic hydroxyl groups excluding tert-OH is 1. The molecule has 4 nitrogen and oxygen atoms in total. The zero-order chi connectivity index (χ0) is 13.5. The highest BCUT2D eigenvalue weighted by atomic mass is 16.5. The van der Waals surface area contributed by atoms with Gasteiger partial charge in [0.05, 0.1) is 7.11 Å². The molecule has 0 bridgehead atoms. The van der Waals surface area contributed by atoms with Crippen molar-refractivity contribution in [2.24, 2.45) is 0 Å². The molecule has 0 spiro atoms. The quantitative estimate of drug-likeness (QED) is 0.778. The Kier molecular flexibility index (Phi) is 5.95. The van der Waals surface area contributed by atoms with Crippen LogP contribution in [-0.2, 0) is 0 Å². The number of para-hydroxylation sites is 2. The Labute approximate surface area is 109 Å². The summed E-state index contributed by atoms with van der Waals surface area (Å²) in [5, 5.41) is 13.2. The van der Waals surface area contributed by atoms with Crippen molar-refractivity contribution < 1.29 is 14.6 Å². The summed E-state index contributed by atoms with van der Waals surface area (Å²) in [5.41, 5.74) is 0. The minimum Gasteiger partial charge on any atom is -0.493 e. The Morgan fingerprint density at radius 1 is 1.17 bits per heavy atom. The summed E-state index contributed by atoms with van der Waals surface area (Å²) in [4.78, 5) is 0. The molecule has 102 valence electrons. The average Bonchev–Trinajstić information content (AvgIpc) is 2.35. The first-order chi connectivity index (χ1) is 8.54. The summed E-state index contributed by atoms with van der Waals surface area (Å²) < 4.78 is 10.8. The third-order valence-electron chi connectivity index (χ3n) is 2.65. The molecular formula is C14H23NO3. The smallest absolute Gasteiger partial charge is 0.161 e. The first kappa shape index (κ1) is 14.8. The lowest BCUT2D eigenvalue weighted by Gasteiger charge is -2.23. The second-order valence-electron chi connectivity index (χ2n) is 4.64. The minimum absolute atomic E-state index is 0.0142. The number of rotatable bonds is 7. The summed E-state index contributed by atoms with van der Waals surface area (Å²) in [6.07, 6.45) is -0.558. The molecule has 0 heterocycles. The summed E-state index contributed by atoms with van der Waals surface area (Å²) in [6, 6.07) is 7.73. The van der Waals surface area contributed by atoms with Crippen molar-refractivity contribution in [3.8, 4) is 11.5 Å². The number of ether oxygens (including phenoxy) is 2. The highest BCUT2D eigenvalue weighted by Gasteiger charge is 2.16. The van der Waals surface area contributed by atoms with E-state index >= 15 is 0 Å². The van der Waals surface area contributed by atoms with E-state index in [0.29, 0.717) is 17.5 Å². The normalized spacial score (nSPS) is 14.3. The number of hydrogen-bond acceptors (Lipinski definition) is 4. The Balaban J connectivity index is 2.49. The van der Waals surface area contributed by atoms with Crippen molar-refractivity contribution >= 4 is 0 Å². The molecule has 4 heteroatoms. The predicted octanol–water partition coefficient (Wildman–Crippen LogP) is 1.82. The van der Waals surface area contributed by atoms with Crippen molar-refractivity contribution in [3.63, 3.8) is 0 Å². The van der Waals surface area contributed by atoms with Gasteiger partial charge in [-0.2, -0.15) is 0 Å². The van der Waals surface area contributed by atoms with E-state index in [-0.39, 0.29) is 12.6 Å². The minimum atomic E-state index is -0.558. The van der Waals surface area contributed by atoms with Gasteiger partial charge in [-0.15, -0.1) is 0 Å². The lowest BCUT2D eigenvalue weighted by Crippen LogP contribution is -2.43. The molecule has 0 amide bonds. The largest absolute Gasteiger partial charge is 0.493 e. The number of benzene rings is 1. The molecule has 0 radical (unpaired) electrons. The maximum absolute atomic E-state index is 9.96. The molecule has 2 atom stereocenters. The van der Waals surface area contributed by atoms with E-state index in [0.717, 1.165) is 0 Å². The van der Waals surface area contributed by atoms with Crippen molar-refractivity contribution in [3.05, 3.63) is 24.3 Å². The third-order valence-corrected chi connectivity index (χ3v) is 2.65. The maximum Gasteiger partial charge on any atom is 0.161 e. The van der Waals surface area contributed by atoms with E-state index in [1.165, 1.54) is 0 Å². The lowest BCUT2D eigenvalue weighted by molar-refractivity contribution is 0.0747. The van der Waals surface area contributed by atoms with Crippen LogP contribution in [0, 0.1) is 0 Å². The Morgan fingerprint density at radius 3 is 2.33 bits per heavy atom. The second kappa shape index (κ2) is 7.24. The summed E-state index contributed by atoms with van der Waals surface area (Å²) in [6.45, 7) is 6.27. The molecule has 0 saturated carbocycles. The van der Waals surface area contributed by atoms with Crippen LogP contribution in [0.15, 0.2) is 24.3 Å². The van der Waals surface area contributed by atoms with E-state index in [1.54, 1.807) is 7.11 Å². The lowest BCUT2D eigenvalue weighted by atomic mass is 10.2. The zero-order valence-electron chi connectivity index (χ0n) is 11.5. The molecule has 0 fully saturated rings. The van der Waals surface area contributed by atoms with Crippen molar-refractivity contribution in [2.75, 3.05) is 13.7 Å². The third kappa shape index (κ3) is 4.55. The van der Waals surface area contributed by atoms with Gasteiger partial charge in [-0.05, 0) is 19.1 Å². The van der Waals surface area contributed by atoms with Gasteiger partial charge in [0.15, 0.2) is 11.5 Å². The van der Waals surface area contributed by atoms with E-state index in [4.69, 9.17) is 9.47 Å². The van der Waals surface area contributed by atoms with Crippen LogP contribution in [0.5, 0.6) is 11.5 Å². The zero-order valence-corrected chi connectivity index (χ0v) is 11.5. The highest BCUT2D eigenvalue weighted by Crippen LogP contribution is 2.25. The van der Waals surface area contributed by atoms with Gasteiger partial charge < -0.3 is 19.9 Å². The molecule has 0 aliphatic carbocycles. The van der Waals surface area contributed by atoms with Crippen LogP contribution in [0.2, 0.25) is 0 Å². The molecule has 2 unspecified atom stereocenters. The predicted molar refractivity (Wildman–Crippen MR) is 72.2 cm³/mol. The van der Waals surface area contributed by atoms with E-state index in [9.17, 15) is 5.11 Å². The van der Waals surface area contributed by atoms with Crippen LogP contribution >= 0.6 is 0 Å². The number of hydrogen-bond donors (Lipinski definition) is 2. The first-order valence-electron chi connectivity index (χ1n) is 6.24. The molecule has 2 N–H and O–H groups in total. The van der Waals surface area contributed by atoms with E-state index in [1.807, 2.05) is 45.0 Å². The number of methoxy groups -OCH3 is 1. The summed E-state index contributed by atoms with van der Waals surface area (Å²) in [5.74, 6) is 1.32. The molecule has 0 aliphatic rings. The SMILES string of the molecule is COc1ccccc1OCC(O)C(C)NC(C)C. The molecular weight excluding hydrogens is 230 g/mol.